The summed E-state index contributed by atoms with van der Waals surface area (Å²) < 4.78 is 39.1. The van der Waals surface area contributed by atoms with Crippen molar-refractivity contribution in [2.75, 3.05) is 18.0 Å². The maximum atomic E-state index is 13.6. The average Bonchev–Trinajstić information content (AvgIpc) is 3.41. The Morgan fingerprint density at radius 3 is 2.45 bits per heavy atom. The number of carbonyl (C=O) groups excluding carboxylic acids is 1. The molecule has 4 aromatic rings. The first-order valence-corrected chi connectivity index (χ1v) is 13.5. The third kappa shape index (κ3) is 6.47. The summed E-state index contributed by atoms with van der Waals surface area (Å²) in [7, 11) is -2.83. The standard InChI is InChI=1S/C27H23ClN4O7S/c1-18-3-11-23(12-4-18)40(36,37)31(24-15-20(28)7-13-26(24)38-2)17-27(33)30-29-16-22-10-14-25(39-22)19-5-8-21(9-6-19)32(34)35/h3-16H,17H2,1-2H3,(H,30,33)/b29-16+. The number of hydrogen-bond acceptors (Lipinski definition) is 8. The number of sulfonamides is 1. The van der Waals surface area contributed by atoms with E-state index in [4.69, 9.17) is 20.8 Å². The Bertz CT molecular complexity index is 1670. The minimum atomic E-state index is -4.21. The number of nitro groups is 1. The number of hydrogen-bond donors (Lipinski definition) is 1. The minimum absolute atomic E-state index is 0.0224. The number of methoxy groups -OCH3 is 1. The van der Waals surface area contributed by atoms with Crippen molar-refractivity contribution in [3.05, 3.63) is 105 Å². The van der Waals surface area contributed by atoms with Crippen LogP contribution < -0.4 is 14.5 Å². The van der Waals surface area contributed by atoms with Crippen molar-refractivity contribution in [2.24, 2.45) is 5.10 Å². The van der Waals surface area contributed by atoms with E-state index in [1.165, 1.54) is 49.7 Å². The topological polar surface area (TPSA) is 144 Å². The number of hydrazone groups is 1. The number of anilines is 1. The zero-order valence-corrected chi connectivity index (χ0v) is 22.8. The fraction of sp³-hybridized carbons (Fsp3) is 0.111. The van der Waals surface area contributed by atoms with Gasteiger partial charge in [-0.1, -0.05) is 29.3 Å². The molecule has 40 heavy (non-hydrogen) atoms. The molecule has 0 aliphatic rings. The second-order valence-corrected chi connectivity index (χ2v) is 10.7. The maximum Gasteiger partial charge on any atom is 0.269 e. The zero-order chi connectivity index (χ0) is 28.9. The molecule has 0 atom stereocenters. The van der Waals surface area contributed by atoms with E-state index in [9.17, 15) is 23.3 Å². The van der Waals surface area contributed by atoms with Crippen LogP contribution in [0.4, 0.5) is 11.4 Å². The number of carbonyl (C=O) groups is 1. The first kappa shape index (κ1) is 28.3. The highest BCUT2D eigenvalue weighted by Gasteiger charge is 2.29. The molecule has 11 nitrogen and oxygen atoms in total. The van der Waals surface area contributed by atoms with Gasteiger partial charge in [0.1, 0.15) is 23.8 Å². The van der Waals surface area contributed by atoms with Crippen molar-refractivity contribution >= 4 is 45.1 Å². The summed E-state index contributed by atoms with van der Waals surface area (Å²) >= 11 is 6.15. The lowest BCUT2D eigenvalue weighted by Gasteiger charge is -2.25. The number of non-ortho nitro benzene ring substituents is 1. The molecule has 1 heterocycles. The highest BCUT2D eigenvalue weighted by molar-refractivity contribution is 7.92. The number of aryl methyl sites for hydroxylation is 1. The Labute approximate surface area is 234 Å². The number of nitro benzene ring substituents is 1. The number of halogens is 1. The molecule has 1 amide bonds. The van der Waals surface area contributed by atoms with Crippen molar-refractivity contribution in [3.63, 3.8) is 0 Å². The normalized spacial score (nSPS) is 11.4. The van der Waals surface area contributed by atoms with Gasteiger partial charge in [0.25, 0.3) is 21.6 Å². The van der Waals surface area contributed by atoms with Gasteiger partial charge in [-0.3, -0.25) is 19.2 Å². The molecule has 206 valence electrons. The van der Waals surface area contributed by atoms with Crippen LogP contribution in [0.1, 0.15) is 11.3 Å². The molecule has 1 aromatic heterocycles. The van der Waals surface area contributed by atoms with Crippen molar-refractivity contribution in [1.29, 1.82) is 0 Å². The lowest BCUT2D eigenvalue weighted by molar-refractivity contribution is -0.384. The van der Waals surface area contributed by atoms with Crippen LogP contribution >= 0.6 is 11.6 Å². The van der Waals surface area contributed by atoms with E-state index in [0.717, 1.165) is 9.87 Å². The van der Waals surface area contributed by atoms with E-state index in [1.807, 2.05) is 6.92 Å². The number of nitrogens with one attached hydrogen (secondary N) is 1. The summed E-state index contributed by atoms with van der Waals surface area (Å²) in [6.07, 6.45) is 1.24. The van der Waals surface area contributed by atoms with Gasteiger partial charge in [0.2, 0.25) is 0 Å². The highest BCUT2D eigenvalue weighted by atomic mass is 35.5. The minimum Gasteiger partial charge on any atom is -0.495 e. The van der Waals surface area contributed by atoms with E-state index in [0.29, 0.717) is 11.3 Å². The van der Waals surface area contributed by atoms with Crippen LogP contribution in [0.25, 0.3) is 11.3 Å². The summed E-state index contributed by atoms with van der Waals surface area (Å²) in [5.41, 5.74) is 3.81. The fourth-order valence-electron chi connectivity index (χ4n) is 3.65. The van der Waals surface area contributed by atoms with Gasteiger partial charge >= 0.3 is 0 Å². The molecule has 0 saturated carbocycles. The van der Waals surface area contributed by atoms with Crippen LogP contribution in [0.5, 0.6) is 5.75 Å². The third-order valence-corrected chi connectivity index (χ3v) is 7.69. The molecule has 0 spiro atoms. The Morgan fingerprint density at radius 2 is 1.80 bits per heavy atom. The molecule has 4 rings (SSSR count). The summed E-state index contributed by atoms with van der Waals surface area (Å²) in [6.45, 7) is 1.20. The molecular weight excluding hydrogens is 560 g/mol. The Morgan fingerprint density at radius 1 is 1.10 bits per heavy atom. The van der Waals surface area contributed by atoms with Gasteiger partial charge in [0, 0.05) is 22.7 Å². The Balaban J connectivity index is 1.53. The fourth-order valence-corrected chi connectivity index (χ4v) is 5.24. The summed E-state index contributed by atoms with van der Waals surface area (Å²) in [4.78, 5) is 23.2. The lowest BCUT2D eigenvalue weighted by Crippen LogP contribution is -2.39. The maximum absolute atomic E-state index is 13.6. The van der Waals surface area contributed by atoms with Gasteiger partial charge in [0.15, 0.2) is 0 Å². The zero-order valence-electron chi connectivity index (χ0n) is 21.3. The van der Waals surface area contributed by atoms with Crippen LogP contribution in [-0.2, 0) is 14.8 Å². The molecule has 0 saturated heterocycles. The largest absolute Gasteiger partial charge is 0.495 e. The Kier molecular flexibility index (Phi) is 8.51. The second kappa shape index (κ2) is 12.0. The van der Waals surface area contributed by atoms with Crippen molar-refractivity contribution < 1.29 is 27.3 Å². The van der Waals surface area contributed by atoms with Crippen molar-refractivity contribution in [2.45, 2.75) is 11.8 Å². The Hall–Kier alpha value is -4.68. The number of benzene rings is 3. The third-order valence-electron chi connectivity index (χ3n) is 5.68. The quantitative estimate of drug-likeness (QED) is 0.154. The number of rotatable bonds is 10. The number of nitrogens with zero attached hydrogens (tertiary/aromatic N) is 3. The van der Waals surface area contributed by atoms with E-state index in [1.54, 1.807) is 42.5 Å². The molecular formula is C27H23ClN4O7S. The van der Waals surface area contributed by atoms with E-state index < -0.39 is 27.4 Å². The van der Waals surface area contributed by atoms with Crippen molar-refractivity contribution in [3.8, 4) is 17.1 Å². The number of furan rings is 1. The van der Waals surface area contributed by atoms with E-state index >= 15 is 0 Å². The first-order valence-electron chi connectivity index (χ1n) is 11.7. The van der Waals surface area contributed by atoms with Gasteiger partial charge < -0.3 is 9.15 Å². The molecule has 0 bridgehead atoms. The van der Waals surface area contributed by atoms with Crippen LogP contribution in [0.3, 0.4) is 0 Å². The number of ether oxygens (including phenoxy) is 1. The number of amides is 1. The first-order chi connectivity index (χ1) is 19.1. The molecule has 0 aliphatic heterocycles. The van der Waals surface area contributed by atoms with Crippen LogP contribution in [0.15, 0.2) is 93.3 Å². The SMILES string of the molecule is COc1ccc(Cl)cc1N(CC(=O)N/N=C/c1ccc(-c2ccc([N+](=O)[O-])cc2)o1)S(=O)(=O)c1ccc(C)cc1. The summed E-state index contributed by atoms with van der Waals surface area (Å²) in [5.74, 6) is 0.183. The van der Waals surface area contributed by atoms with Gasteiger partial charge in [-0.2, -0.15) is 5.10 Å². The van der Waals surface area contributed by atoms with Gasteiger partial charge in [-0.15, -0.1) is 0 Å². The van der Waals surface area contributed by atoms with Gasteiger partial charge in [-0.25, -0.2) is 13.8 Å². The van der Waals surface area contributed by atoms with Crippen LogP contribution in [0.2, 0.25) is 5.02 Å². The van der Waals surface area contributed by atoms with Gasteiger partial charge in [0.05, 0.1) is 28.8 Å². The van der Waals surface area contributed by atoms with Gasteiger partial charge in [-0.05, 0) is 61.5 Å². The highest BCUT2D eigenvalue weighted by Crippen LogP contribution is 2.35. The molecule has 13 heteroatoms. The molecule has 0 fully saturated rings. The van der Waals surface area contributed by atoms with E-state index in [2.05, 4.69) is 10.5 Å². The molecule has 1 N–H and O–H groups in total. The van der Waals surface area contributed by atoms with Crippen LogP contribution in [-0.4, -0.2) is 39.1 Å². The van der Waals surface area contributed by atoms with Crippen molar-refractivity contribution in [1.82, 2.24) is 5.43 Å². The van der Waals surface area contributed by atoms with Crippen LogP contribution in [0, 0.1) is 17.0 Å². The molecule has 0 unspecified atom stereocenters. The lowest BCUT2D eigenvalue weighted by atomic mass is 10.1. The smallest absolute Gasteiger partial charge is 0.269 e. The summed E-state index contributed by atoms with van der Waals surface area (Å²) in [5, 5.41) is 15.0. The molecule has 0 aliphatic carbocycles. The second-order valence-electron chi connectivity index (χ2n) is 8.44. The predicted octanol–water partition coefficient (Wildman–Crippen LogP) is 5.17. The molecule has 0 radical (unpaired) electrons. The predicted molar refractivity (Wildman–Crippen MR) is 150 cm³/mol. The summed E-state index contributed by atoms with van der Waals surface area (Å²) in [6, 6.07) is 19.7. The van der Waals surface area contributed by atoms with E-state index in [-0.39, 0.29) is 32.8 Å². The molecule has 3 aromatic carbocycles. The monoisotopic (exact) mass is 582 g/mol. The average molecular weight is 583 g/mol.